The fraction of sp³-hybridized carbons (Fsp3) is 0.500. The zero-order valence-corrected chi connectivity index (χ0v) is 13.2. The summed E-state index contributed by atoms with van der Waals surface area (Å²) in [7, 11) is 1.36. The monoisotopic (exact) mass is 311 g/mol. The number of hydrogen-bond acceptors (Lipinski definition) is 5. The van der Waals surface area contributed by atoms with Crippen LogP contribution < -0.4 is 10.6 Å². The number of esters is 1. The average Bonchev–Trinajstić information content (AvgIpc) is 2.73. The van der Waals surface area contributed by atoms with E-state index in [-0.39, 0.29) is 5.69 Å². The first-order chi connectivity index (χ1) is 10.2. The normalized spacial score (nSPS) is 13.2. The highest BCUT2D eigenvalue weighted by molar-refractivity contribution is 5.98. The zero-order valence-electron chi connectivity index (χ0n) is 13.2. The third-order valence-corrected chi connectivity index (χ3v) is 3.23. The lowest BCUT2D eigenvalue weighted by atomic mass is 10.1. The predicted molar refractivity (Wildman–Crippen MR) is 78.4 cm³/mol. The van der Waals surface area contributed by atoms with Crippen LogP contribution in [0, 0.1) is 13.8 Å². The fourth-order valence-corrected chi connectivity index (χ4v) is 2.14. The van der Waals surface area contributed by atoms with E-state index in [0.717, 1.165) is 0 Å². The van der Waals surface area contributed by atoms with Crippen LogP contribution in [0.3, 0.4) is 0 Å². The number of imide groups is 1. The van der Waals surface area contributed by atoms with Gasteiger partial charge in [-0.1, -0.05) is 0 Å². The summed E-state index contributed by atoms with van der Waals surface area (Å²) in [6.45, 7) is 6.36. The van der Waals surface area contributed by atoms with E-state index in [1.54, 1.807) is 20.8 Å². The van der Waals surface area contributed by atoms with E-state index >= 15 is 0 Å². The number of hydrogen-bond donors (Lipinski definition) is 4. The van der Waals surface area contributed by atoms with Crippen molar-refractivity contribution >= 4 is 17.9 Å². The number of carbonyl (C=O) groups is 3. The van der Waals surface area contributed by atoms with Crippen LogP contribution in [0.4, 0.5) is 4.79 Å². The quantitative estimate of drug-likeness (QED) is 0.610. The second kappa shape index (κ2) is 7.08. The number of aromatic nitrogens is 1. The molecule has 8 nitrogen and oxygen atoms in total. The predicted octanol–water partition coefficient (Wildman–Crippen LogP) is 0.686. The van der Waals surface area contributed by atoms with Crippen LogP contribution in [0.2, 0.25) is 0 Å². The third kappa shape index (κ3) is 3.85. The summed E-state index contributed by atoms with van der Waals surface area (Å²) >= 11 is 0. The number of aryl methyl sites for hydroxylation is 1. The minimum absolute atomic E-state index is 0.174. The molecule has 4 N–H and O–H groups in total. The maximum absolute atomic E-state index is 12.1. The smallest absolute Gasteiger partial charge is 0.355 e. The molecule has 22 heavy (non-hydrogen) atoms. The molecule has 0 saturated heterocycles. The van der Waals surface area contributed by atoms with Crippen molar-refractivity contribution < 1.29 is 24.2 Å². The van der Waals surface area contributed by atoms with Gasteiger partial charge in [-0.2, -0.15) is 0 Å². The molecule has 1 rings (SSSR count). The molecule has 0 radical (unpaired) electrons. The van der Waals surface area contributed by atoms with Crippen molar-refractivity contribution in [3.05, 3.63) is 22.5 Å². The van der Waals surface area contributed by atoms with Crippen molar-refractivity contribution in [2.45, 2.75) is 39.9 Å². The van der Waals surface area contributed by atoms with Crippen LogP contribution in [-0.2, 0) is 9.53 Å². The van der Waals surface area contributed by atoms with Gasteiger partial charge in [-0.25, -0.2) is 9.59 Å². The van der Waals surface area contributed by atoms with Crippen LogP contribution in [0.1, 0.15) is 47.3 Å². The molecule has 1 aromatic heterocycles. The molecule has 122 valence electrons. The Morgan fingerprint density at radius 2 is 1.82 bits per heavy atom. The second-order valence-corrected chi connectivity index (χ2v) is 4.96. The van der Waals surface area contributed by atoms with E-state index in [9.17, 15) is 19.5 Å². The minimum atomic E-state index is -1.14. The largest absolute Gasteiger partial charge is 0.448 e. The molecule has 0 aliphatic rings. The van der Waals surface area contributed by atoms with Gasteiger partial charge in [-0.3, -0.25) is 10.1 Å². The molecule has 0 fully saturated rings. The number of aliphatic hydroxyl groups excluding tert-OH is 1. The summed E-state index contributed by atoms with van der Waals surface area (Å²) < 4.78 is 5.03. The number of ether oxygens (including phenoxy) is 1. The molecular weight excluding hydrogens is 290 g/mol. The molecule has 0 bridgehead atoms. The maximum atomic E-state index is 12.1. The number of amides is 3. The van der Waals surface area contributed by atoms with Crippen molar-refractivity contribution in [1.29, 1.82) is 0 Å². The van der Waals surface area contributed by atoms with Gasteiger partial charge in [-0.05, 0) is 33.3 Å². The first kappa shape index (κ1) is 17.7. The molecular formula is C14H21N3O5. The lowest BCUT2D eigenvalue weighted by molar-refractivity contribution is -0.127. The van der Waals surface area contributed by atoms with Crippen LogP contribution in [0.5, 0.6) is 0 Å². The molecule has 0 unspecified atom stereocenters. The Morgan fingerprint density at radius 3 is 2.27 bits per heavy atom. The Labute approximate surface area is 128 Å². The number of H-pyrrole nitrogens is 1. The summed E-state index contributed by atoms with van der Waals surface area (Å²) in [4.78, 5) is 37.6. The van der Waals surface area contributed by atoms with Crippen LogP contribution in [0.25, 0.3) is 0 Å². The maximum Gasteiger partial charge on any atom is 0.355 e. The van der Waals surface area contributed by atoms with E-state index in [1.165, 1.54) is 14.0 Å². The molecule has 1 aromatic rings. The highest BCUT2D eigenvalue weighted by Gasteiger charge is 2.25. The Kier molecular flexibility index (Phi) is 5.69. The van der Waals surface area contributed by atoms with Gasteiger partial charge in [0.15, 0.2) is 6.10 Å². The number of aliphatic hydroxyl groups is 1. The van der Waals surface area contributed by atoms with Crippen LogP contribution in [0.15, 0.2) is 0 Å². The van der Waals surface area contributed by atoms with Gasteiger partial charge in [-0.15, -0.1) is 0 Å². The van der Waals surface area contributed by atoms with Crippen molar-refractivity contribution in [1.82, 2.24) is 15.6 Å². The zero-order chi connectivity index (χ0) is 17.0. The molecule has 0 aliphatic heterocycles. The van der Waals surface area contributed by atoms with Gasteiger partial charge < -0.3 is 20.1 Å². The van der Waals surface area contributed by atoms with E-state index in [0.29, 0.717) is 16.8 Å². The van der Waals surface area contributed by atoms with Gasteiger partial charge in [0.2, 0.25) is 0 Å². The Balaban J connectivity index is 2.84. The lowest BCUT2D eigenvalue weighted by Crippen LogP contribution is -2.43. The Bertz CT molecular complexity index is 592. The van der Waals surface area contributed by atoms with Gasteiger partial charge in [0.25, 0.3) is 5.91 Å². The summed E-state index contributed by atoms with van der Waals surface area (Å²) in [5.74, 6) is -1.46. The molecule has 1 heterocycles. The minimum Gasteiger partial charge on any atom is -0.448 e. The number of nitrogens with one attached hydrogen (secondary N) is 3. The molecule has 0 spiro atoms. The molecule has 8 heteroatoms. The Hall–Kier alpha value is -2.35. The number of carbonyl (C=O) groups excluding carboxylic acids is 3. The molecule has 0 aromatic carbocycles. The average molecular weight is 311 g/mol. The molecule has 3 amide bonds. The summed E-state index contributed by atoms with van der Waals surface area (Å²) in [5, 5.41) is 13.9. The summed E-state index contributed by atoms with van der Waals surface area (Å²) in [6.07, 6.45) is -1.87. The lowest BCUT2D eigenvalue weighted by Gasteiger charge is -2.12. The molecule has 2 atom stereocenters. The standard InChI is InChI=1S/C14H21N3O5/c1-6-10(8(3)18)7(2)16-11(6)13(20)22-9(4)12(19)17-14(21)15-5/h8-9,16,18H,1-5H3,(H2,15,17,19,21)/t8-,9-/m1/s1. The number of urea groups is 1. The first-order valence-corrected chi connectivity index (χ1v) is 6.79. The van der Waals surface area contributed by atoms with E-state index in [2.05, 4.69) is 10.3 Å². The van der Waals surface area contributed by atoms with Crippen molar-refractivity contribution in [2.24, 2.45) is 0 Å². The highest BCUT2D eigenvalue weighted by Crippen LogP contribution is 2.25. The van der Waals surface area contributed by atoms with Crippen molar-refractivity contribution in [3.63, 3.8) is 0 Å². The summed E-state index contributed by atoms with van der Waals surface area (Å²) in [5.41, 5.74) is 2.01. The van der Waals surface area contributed by atoms with Gasteiger partial charge >= 0.3 is 12.0 Å². The van der Waals surface area contributed by atoms with Crippen molar-refractivity contribution in [2.75, 3.05) is 7.05 Å². The number of rotatable bonds is 4. The fourth-order valence-electron chi connectivity index (χ4n) is 2.14. The van der Waals surface area contributed by atoms with Gasteiger partial charge in [0, 0.05) is 18.3 Å². The second-order valence-electron chi connectivity index (χ2n) is 4.96. The molecule has 0 aliphatic carbocycles. The van der Waals surface area contributed by atoms with Gasteiger partial charge in [0.1, 0.15) is 5.69 Å². The highest BCUT2D eigenvalue weighted by atomic mass is 16.5. The van der Waals surface area contributed by atoms with Gasteiger partial charge in [0.05, 0.1) is 6.10 Å². The van der Waals surface area contributed by atoms with E-state index in [4.69, 9.17) is 4.74 Å². The third-order valence-electron chi connectivity index (χ3n) is 3.23. The first-order valence-electron chi connectivity index (χ1n) is 6.79. The molecule has 0 saturated carbocycles. The SMILES string of the molecule is CNC(=O)NC(=O)[C@@H](C)OC(=O)c1[nH]c(C)c([C@@H](C)O)c1C. The van der Waals surface area contributed by atoms with E-state index in [1.807, 2.05) is 5.32 Å². The topological polar surface area (TPSA) is 121 Å². The van der Waals surface area contributed by atoms with Crippen molar-refractivity contribution in [3.8, 4) is 0 Å². The van der Waals surface area contributed by atoms with Crippen LogP contribution >= 0.6 is 0 Å². The van der Waals surface area contributed by atoms with E-state index < -0.39 is 30.1 Å². The number of aromatic amines is 1. The van der Waals surface area contributed by atoms with Crippen LogP contribution in [-0.4, -0.2) is 41.1 Å². The summed E-state index contributed by atoms with van der Waals surface area (Å²) in [6, 6.07) is -0.684. The Morgan fingerprint density at radius 1 is 1.23 bits per heavy atom.